The van der Waals surface area contributed by atoms with Gasteiger partial charge in [-0.3, -0.25) is 10.2 Å². The first-order chi connectivity index (χ1) is 9.56. The average Bonchev–Trinajstić information content (AvgIpc) is 3.23. The summed E-state index contributed by atoms with van der Waals surface area (Å²) >= 11 is 0. The van der Waals surface area contributed by atoms with Crippen LogP contribution >= 0.6 is 0 Å². The number of nitrogens with one attached hydrogen (secondary N) is 1. The van der Waals surface area contributed by atoms with Crippen LogP contribution in [0, 0.1) is 11.3 Å². The van der Waals surface area contributed by atoms with Crippen molar-refractivity contribution in [3.63, 3.8) is 0 Å². The zero-order chi connectivity index (χ0) is 14.6. The second-order valence-electron chi connectivity index (χ2n) is 6.63. The van der Waals surface area contributed by atoms with Gasteiger partial charge >= 0.3 is 0 Å². The first kappa shape index (κ1) is 15.8. The maximum Gasteiger partial charge on any atom is 0.105 e. The molecule has 20 heavy (non-hydrogen) atoms. The van der Waals surface area contributed by atoms with Gasteiger partial charge in [0.25, 0.3) is 0 Å². The lowest BCUT2D eigenvalue weighted by Gasteiger charge is -2.39. The van der Waals surface area contributed by atoms with Gasteiger partial charge in [0.05, 0.1) is 12.2 Å². The number of nitriles is 1. The second-order valence-corrected chi connectivity index (χ2v) is 6.63. The van der Waals surface area contributed by atoms with Gasteiger partial charge in [-0.15, -0.1) is 0 Å². The zero-order valence-corrected chi connectivity index (χ0v) is 13.2. The lowest BCUT2D eigenvalue weighted by atomic mass is 9.93. The van der Waals surface area contributed by atoms with E-state index in [9.17, 15) is 5.26 Å². The van der Waals surface area contributed by atoms with Crippen molar-refractivity contribution in [1.82, 2.24) is 10.2 Å². The second kappa shape index (κ2) is 6.89. The fourth-order valence-corrected chi connectivity index (χ4v) is 3.27. The van der Waals surface area contributed by atoms with Crippen LogP contribution in [0.2, 0.25) is 0 Å². The van der Waals surface area contributed by atoms with E-state index in [0.717, 1.165) is 26.1 Å². The van der Waals surface area contributed by atoms with E-state index in [2.05, 4.69) is 30.1 Å². The van der Waals surface area contributed by atoms with Gasteiger partial charge in [-0.25, -0.2) is 0 Å². The highest BCUT2D eigenvalue weighted by atomic mass is 16.5. The quantitative estimate of drug-likeness (QED) is 0.777. The van der Waals surface area contributed by atoms with Gasteiger partial charge in [-0.05, 0) is 59.4 Å². The highest BCUT2D eigenvalue weighted by Crippen LogP contribution is 2.26. The van der Waals surface area contributed by atoms with Crippen LogP contribution < -0.4 is 5.32 Å². The molecule has 0 spiro atoms. The average molecular weight is 279 g/mol. The minimum absolute atomic E-state index is 0.376. The van der Waals surface area contributed by atoms with Gasteiger partial charge < -0.3 is 4.74 Å². The first-order valence-electron chi connectivity index (χ1n) is 8.11. The Hall–Kier alpha value is -0.630. The third kappa shape index (κ3) is 4.44. The molecular weight excluding hydrogens is 250 g/mol. The minimum atomic E-state index is -0.390. The summed E-state index contributed by atoms with van der Waals surface area (Å²) in [6.07, 6.45) is 6.09. The molecule has 0 aromatic heterocycles. The van der Waals surface area contributed by atoms with Crippen molar-refractivity contribution in [3.8, 4) is 6.07 Å². The summed E-state index contributed by atoms with van der Waals surface area (Å²) in [6.45, 7) is 9.31. The van der Waals surface area contributed by atoms with Gasteiger partial charge in [0, 0.05) is 25.2 Å². The van der Waals surface area contributed by atoms with E-state index in [1.54, 1.807) is 0 Å². The number of piperidine rings is 1. The lowest BCUT2D eigenvalue weighted by Crippen LogP contribution is -2.51. The van der Waals surface area contributed by atoms with Crippen molar-refractivity contribution < 1.29 is 4.74 Å². The Morgan fingerprint density at radius 1 is 1.45 bits per heavy atom. The normalized spacial score (nSPS) is 28.6. The molecule has 2 fully saturated rings. The Morgan fingerprint density at radius 3 is 2.80 bits per heavy atom. The largest absolute Gasteiger partial charge is 0.377 e. The molecule has 2 aliphatic rings. The van der Waals surface area contributed by atoms with Crippen LogP contribution in [0.4, 0.5) is 0 Å². The van der Waals surface area contributed by atoms with Crippen LogP contribution in [0.15, 0.2) is 0 Å². The van der Waals surface area contributed by atoms with Crippen LogP contribution in [0.3, 0.4) is 0 Å². The number of nitrogens with zero attached hydrogens (tertiary/aromatic N) is 2. The van der Waals surface area contributed by atoms with E-state index >= 15 is 0 Å². The van der Waals surface area contributed by atoms with Crippen LogP contribution in [-0.2, 0) is 4.74 Å². The van der Waals surface area contributed by atoms with E-state index < -0.39 is 0 Å². The van der Waals surface area contributed by atoms with Gasteiger partial charge in [0.2, 0.25) is 0 Å². The van der Waals surface area contributed by atoms with E-state index in [4.69, 9.17) is 4.74 Å². The molecule has 0 bridgehead atoms. The molecule has 4 nitrogen and oxygen atoms in total. The van der Waals surface area contributed by atoms with Gasteiger partial charge in [0.1, 0.15) is 5.54 Å². The van der Waals surface area contributed by atoms with Crippen molar-refractivity contribution in [2.75, 3.05) is 19.7 Å². The molecule has 1 saturated carbocycles. The summed E-state index contributed by atoms with van der Waals surface area (Å²) < 4.78 is 5.77. The Balaban J connectivity index is 1.85. The predicted octanol–water partition coefficient (Wildman–Crippen LogP) is 2.30. The summed E-state index contributed by atoms with van der Waals surface area (Å²) in [5, 5.41) is 13.0. The van der Waals surface area contributed by atoms with Crippen molar-refractivity contribution in [3.05, 3.63) is 0 Å². The summed E-state index contributed by atoms with van der Waals surface area (Å²) in [7, 11) is 0. The Bertz CT molecular complexity index is 348. The molecule has 1 saturated heterocycles. The highest BCUT2D eigenvalue weighted by molar-refractivity contribution is 5.08. The first-order valence-corrected chi connectivity index (χ1v) is 8.11. The highest BCUT2D eigenvalue weighted by Gasteiger charge is 2.35. The van der Waals surface area contributed by atoms with E-state index in [-0.39, 0.29) is 5.54 Å². The Morgan fingerprint density at radius 2 is 2.20 bits per heavy atom. The SMILES string of the molecule is CCOC1CCCN(C(C)CC(C)(C#N)NC2CC2)C1. The lowest BCUT2D eigenvalue weighted by molar-refractivity contribution is -0.00817. The fraction of sp³-hybridized carbons (Fsp3) is 0.938. The summed E-state index contributed by atoms with van der Waals surface area (Å²) in [5.41, 5.74) is -0.390. The maximum atomic E-state index is 9.49. The summed E-state index contributed by atoms with van der Waals surface area (Å²) in [5.74, 6) is 0. The number of rotatable bonds is 7. The molecule has 4 heteroatoms. The molecule has 1 aliphatic carbocycles. The molecule has 1 heterocycles. The van der Waals surface area contributed by atoms with Crippen molar-refractivity contribution in [2.24, 2.45) is 0 Å². The van der Waals surface area contributed by atoms with Crippen LogP contribution in [0.5, 0.6) is 0 Å². The van der Waals surface area contributed by atoms with Gasteiger partial charge in [-0.2, -0.15) is 5.26 Å². The molecule has 3 unspecified atom stereocenters. The smallest absolute Gasteiger partial charge is 0.105 e. The molecule has 114 valence electrons. The number of hydrogen-bond donors (Lipinski definition) is 1. The van der Waals surface area contributed by atoms with Crippen LogP contribution in [-0.4, -0.2) is 48.3 Å². The van der Waals surface area contributed by atoms with Gasteiger partial charge in [0.15, 0.2) is 0 Å². The molecule has 0 radical (unpaired) electrons. The minimum Gasteiger partial charge on any atom is -0.377 e. The summed E-state index contributed by atoms with van der Waals surface area (Å²) in [6, 6.07) is 3.49. The molecule has 1 N–H and O–H groups in total. The fourth-order valence-electron chi connectivity index (χ4n) is 3.27. The monoisotopic (exact) mass is 279 g/mol. The Labute approximate surface area is 123 Å². The maximum absolute atomic E-state index is 9.49. The molecule has 0 amide bonds. The number of likely N-dealkylation sites (tertiary alicyclic amines) is 1. The number of ether oxygens (including phenoxy) is 1. The third-order valence-corrected chi connectivity index (χ3v) is 4.49. The topological polar surface area (TPSA) is 48.3 Å². The predicted molar refractivity (Wildman–Crippen MR) is 80.5 cm³/mol. The van der Waals surface area contributed by atoms with E-state index in [1.165, 1.54) is 25.7 Å². The van der Waals surface area contributed by atoms with E-state index in [0.29, 0.717) is 18.2 Å². The molecule has 0 aromatic rings. The van der Waals surface area contributed by atoms with Crippen molar-refractivity contribution in [1.29, 1.82) is 5.26 Å². The van der Waals surface area contributed by atoms with Crippen LogP contribution in [0.1, 0.15) is 52.9 Å². The number of hydrogen-bond acceptors (Lipinski definition) is 4. The zero-order valence-electron chi connectivity index (χ0n) is 13.2. The van der Waals surface area contributed by atoms with Crippen molar-refractivity contribution in [2.45, 2.75) is 76.6 Å². The Kier molecular flexibility index (Phi) is 5.42. The van der Waals surface area contributed by atoms with Gasteiger partial charge in [-0.1, -0.05) is 0 Å². The van der Waals surface area contributed by atoms with Crippen molar-refractivity contribution >= 4 is 0 Å². The van der Waals surface area contributed by atoms with E-state index in [1.807, 2.05) is 6.92 Å². The molecular formula is C16H29N3O. The standard InChI is InChI=1S/C16H29N3O/c1-4-20-15-6-5-9-19(11-15)13(2)10-16(3,12-17)18-14-7-8-14/h13-15,18H,4-11H2,1-3H3. The third-order valence-electron chi connectivity index (χ3n) is 4.49. The molecule has 2 rings (SSSR count). The molecule has 1 aliphatic heterocycles. The summed E-state index contributed by atoms with van der Waals surface area (Å²) in [4.78, 5) is 2.49. The molecule has 0 aromatic carbocycles. The van der Waals surface area contributed by atoms with Crippen LogP contribution in [0.25, 0.3) is 0 Å². The molecule has 3 atom stereocenters.